The number of hydrogen-bond donors (Lipinski definition) is 0. The molecule has 0 fully saturated rings. The van der Waals surface area contributed by atoms with Crippen molar-refractivity contribution in [2.24, 2.45) is 5.10 Å². The SMILES string of the molecule is CC(=O)OC1=CC(c2sccc2Br)(C(F)(F)F)C/C1=N\N(C)C. The molecule has 0 saturated carbocycles. The van der Waals surface area contributed by atoms with Crippen LogP contribution in [0.1, 0.15) is 18.2 Å². The number of carbonyl (C=O) groups excluding carboxylic acids is 1. The maximum Gasteiger partial charge on any atom is 0.403 e. The van der Waals surface area contributed by atoms with Gasteiger partial charge in [0.05, 0.1) is 0 Å². The highest BCUT2D eigenvalue weighted by Gasteiger charge is 2.60. The van der Waals surface area contributed by atoms with Crippen molar-refractivity contribution < 1.29 is 22.7 Å². The van der Waals surface area contributed by atoms with Crippen LogP contribution in [-0.4, -0.2) is 37.0 Å². The van der Waals surface area contributed by atoms with Gasteiger partial charge in [0.25, 0.3) is 0 Å². The summed E-state index contributed by atoms with van der Waals surface area (Å²) >= 11 is 4.16. The van der Waals surface area contributed by atoms with Crippen LogP contribution >= 0.6 is 27.3 Å². The molecule has 0 aliphatic heterocycles. The Balaban J connectivity index is 2.63. The molecule has 0 bridgehead atoms. The number of allylic oxidation sites excluding steroid dienone is 2. The Morgan fingerprint density at radius 1 is 1.48 bits per heavy atom. The molecule has 9 heteroatoms. The van der Waals surface area contributed by atoms with Crippen LogP contribution < -0.4 is 0 Å². The summed E-state index contributed by atoms with van der Waals surface area (Å²) in [6.45, 7) is 1.14. The minimum atomic E-state index is -4.56. The molecule has 1 heterocycles. The summed E-state index contributed by atoms with van der Waals surface area (Å²) in [5.41, 5.74) is -2.18. The van der Waals surface area contributed by atoms with Crippen LogP contribution in [0, 0.1) is 0 Å². The first-order valence-corrected chi connectivity index (χ1v) is 8.21. The molecule has 1 unspecified atom stereocenters. The van der Waals surface area contributed by atoms with Crippen LogP contribution in [0.15, 0.2) is 32.9 Å². The summed E-state index contributed by atoms with van der Waals surface area (Å²) in [6.07, 6.45) is -4.03. The first kappa shape index (κ1) is 18.0. The minimum absolute atomic E-state index is 0.0859. The number of hydrogen-bond acceptors (Lipinski definition) is 5. The van der Waals surface area contributed by atoms with E-state index >= 15 is 0 Å². The number of esters is 1. The molecule has 1 aliphatic carbocycles. The Kier molecular flexibility index (Phi) is 4.91. The lowest BCUT2D eigenvalue weighted by atomic mass is 9.84. The Bertz CT molecular complexity index is 682. The second kappa shape index (κ2) is 6.27. The number of ether oxygens (including phenoxy) is 1. The molecule has 0 aromatic carbocycles. The highest BCUT2D eigenvalue weighted by Crippen LogP contribution is 2.53. The number of halogens is 4. The Morgan fingerprint density at radius 3 is 2.57 bits per heavy atom. The highest BCUT2D eigenvalue weighted by atomic mass is 79.9. The largest absolute Gasteiger partial charge is 0.425 e. The topological polar surface area (TPSA) is 41.9 Å². The fourth-order valence-electron chi connectivity index (χ4n) is 2.35. The van der Waals surface area contributed by atoms with Crippen molar-refractivity contribution in [1.82, 2.24) is 5.01 Å². The normalized spacial score (nSPS) is 23.1. The number of hydrazone groups is 1. The van der Waals surface area contributed by atoms with E-state index in [1.165, 1.54) is 5.01 Å². The molecule has 1 aromatic rings. The molecule has 0 radical (unpaired) electrons. The number of carbonyl (C=O) groups is 1. The van der Waals surface area contributed by atoms with Crippen LogP contribution in [-0.2, 0) is 14.9 Å². The van der Waals surface area contributed by atoms with Gasteiger partial charge in [0, 0.05) is 36.8 Å². The van der Waals surface area contributed by atoms with Crippen molar-refractivity contribution in [2.45, 2.75) is 24.9 Å². The smallest absolute Gasteiger partial charge is 0.403 e. The van der Waals surface area contributed by atoms with Crippen LogP contribution in [0.2, 0.25) is 0 Å². The third-order valence-electron chi connectivity index (χ3n) is 3.21. The quantitative estimate of drug-likeness (QED) is 0.556. The van der Waals surface area contributed by atoms with Crippen LogP contribution in [0.3, 0.4) is 0 Å². The molecule has 0 saturated heterocycles. The lowest BCUT2D eigenvalue weighted by Gasteiger charge is -2.29. The third kappa shape index (κ3) is 3.45. The van der Waals surface area contributed by atoms with Crippen molar-refractivity contribution >= 4 is 38.9 Å². The summed E-state index contributed by atoms with van der Waals surface area (Å²) < 4.78 is 47.1. The molecule has 0 amide bonds. The Labute approximate surface area is 143 Å². The van der Waals surface area contributed by atoms with Crippen LogP contribution in [0.5, 0.6) is 0 Å². The standard InChI is InChI=1S/C14H14BrF3N2O2S/c1-8(21)22-11-7-13(14(16,17)18,6-10(11)19-20(2)3)12-9(15)4-5-23-12/h4-5,7H,6H2,1-3H3/b19-10+. The van der Waals surface area contributed by atoms with E-state index in [9.17, 15) is 18.0 Å². The van der Waals surface area contributed by atoms with Gasteiger partial charge in [0.1, 0.15) is 11.1 Å². The minimum Gasteiger partial charge on any atom is -0.425 e. The van der Waals surface area contributed by atoms with Gasteiger partial charge in [-0.1, -0.05) is 0 Å². The molecule has 1 aliphatic rings. The number of alkyl halides is 3. The van der Waals surface area contributed by atoms with Crippen molar-refractivity contribution in [3.63, 3.8) is 0 Å². The second-order valence-corrected chi connectivity index (χ2v) is 7.01. The average molecular weight is 411 g/mol. The zero-order chi connectivity index (χ0) is 17.4. The molecule has 0 N–H and O–H groups in total. The van der Waals surface area contributed by atoms with Gasteiger partial charge in [-0.05, 0) is 33.5 Å². The molecule has 2 rings (SSSR count). The summed E-state index contributed by atoms with van der Waals surface area (Å²) in [5, 5.41) is 7.01. The van der Waals surface area contributed by atoms with E-state index in [1.807, 2.05) is 0 Å². The van der Waals surface area contributed by atoms with Crippen molar-refractivity contribution in [3.05, 3.63) is 32.6 Å². The van der Waals surface area contributed by atoms with Crippen molar-refractivity contribution in [1.29, 1.82) is 0 Å². The van der Waals surface area contributed by atoms with E-state index < -0.39 is 24.0 Å². The van der Waals surface area contributed by atoms with Gasteiger partial charge in [-0.3, -0.25) is 4.79 Å². The van der Waals surface area contributed by atoms with Crippen LogP contribution in [0.4, 0.5) is 13.2 Å². The van der Waals surface area contributed by atoms with E-state index in [2.05, 4.69) is 21.0 Å². The molecular weight excluding hydrogens is 397 g/mol. The van der Waals surface area contributed by atoms with E-state index in [0.29, 0.717) is 4.47 Å². The van der Waals surface area contributed by atoms with Gasteiger partial charge < -0.3 is 9.75 Å². The van der Waals surface area contributed by atoms with Gasteiger partial charge in [-0.25, -0.2) is 0 Å². The molecule has 126 valence electrons. The summed E-state index contributed by atoms with van der Waals surface area (Å²) in [6, 6.07) is 1.56. The lowest BCUT2D eigenvalue weighted by molar-refractivity contribution is -0.172. The van der Waals surface area contributed by atoms with Gasteiger partial charge in [0.2, 0.25) is 0 Å². The maximum absolute atomic E-state index is 13.9. The maximum atomic E-state index is 13.9. The molecule has 1 aromatic heterocycles. The highest BCUT2D eigenvalue weighted by molar-refractivity contribution is 9.10. The van der Waals surface area contributed by atoms with Gasteiger partial charge in [-0.2, -0.15) is 18.3 Å². The number of thiophene rings is 1. The summed E-state index contributed by atoms with van der Waals surface area (Å²) in [5.74, 6) is -0.838. The fourth-order valence-corrected chi connectivity index (χ4v) is 4.27. The fraction of sp³-hybridized carbons (Fsp3) is 0.429. The van der Waals surface area contributed by atoms with E-state index in [4.69, 9.17) is 4.74 Å². The molecular formula is C14H14BrF3N2O2S. The first-order chi connectivity index (χ1) is 10.6. The number of rotatable bonds is 3. The molecule has 4 nitrogen and oxygen atoms in total. The third-order valence-corrected chi connectivity index (χ3v) is 5.23. The molecule has 23 heavy (non-hydrogen) atoms. The van der Waals surface area contributed by atoms with E-state index in [1.54, 1.807) is 25.5 Å². The Hall–Kier alpha value is -1.35. The average Bonchev–Trinajstić information content (AvgIpc) is 2.93. The predicted octanol–water partition coefficient (Wildman–Crippen LogP) is 4.08. The second-order valence-electron chi connectivity index (χ2n) is 5.24. The van der Waals surface area contributed by atoms with Crippen LogP contribution in [0.25, 0.3) is 0 Å². The lowest BCUT2D eigenvalue weighted by Crippen LogP contribution is -2.39. The van der Waals surface area contributed by atoms with E-state index in [0.717, 1.165) is 24.3 Å². The van der Waals surface area contributed by atoms with E-state index in [-0.39, 0.29) is 16.3 Å². The zero-order valence-corrected chi connectivity index (χ0v) is 15.0. The van der Waals surface area contributed by atoms with Crippen molar-refractivity contribution in [2.75, 3.05) is 14.1 Å². The molecule has 1 atom stereocenters. The van der Waals surface area contributed by atoms with Gasteiger partial charge >= 0.3 is 12.1 Å². The van der Waals surface area contributed by atoms with Crippen molar-refractivity contribution in [3.8, 4) is 0 Å². The first-order valence-electron chi connectivity index (χ1n) is 6.53. The van der Waals surface area contributed by atoms with Gasteiger partial charge in [0.15, 0.2) is 5.76 Å². The monoisotopic (exact) mass is 410 g/mol. The Morgan fingerprint density at radius 2 is 2.13 bits per heavy atom. The summed E-state index contributed by atoms with van der Waals surface area (Å²) in [4.78, 5) is 11.3. The predicted molar refractivity (Wildman–Crippen MR) is 85.3 cm³/mol. The zero-order valence-electron chi connectivity index (χ0n) is 12.6. The summed E-state index contributed by atoms with van der Waals surface area (Å²) in [7, 11) is 3.18. The molecule has 0 spiro atoms. The van der Waals surface area contributed by atoms with Gasteiger partial charge in [-0.15, -0.1) is 11.3 Å². The number of nitrogens with zero attached hydrogens (tertiary/aromatic N) is 2.